The molecule has 0 saturated carbocycles. The molecule has 0 amide bonds. The van der Waals surface area contributed by atoms with E-state index in [1.165, 1.54) is 28.3 Å². The van der Waals surface area contributed by atoms with E-state index < -0.39 is 0 Å². The van der Waals surface area contributed by atoms with Crippen molar-refractivity contribution >= 4 is 23.1 Å². The van der Waals surface area contributed by atoms with Crippen LogP contribution in [-0.2, 0) is 12.8 Å². The molecule has 2 nitrogen and oxygen atoms in total. The average molecular weight is 304 g/mol. The first-order valence-electron chi connectivity index (χ1n) is 7.23. The molecule has 2 unspecified atom stereocenters. The normalized spacial score (nSPS) is 18.9. The minimum absolute atomic E-state index is 0.513. The lowest BCUT2D eigenvalue weighted by Gasteiger charge is -2.23. The summed E-state index contributed by atoms with van der Waals surface area (Å²) in [4.78, 5) is 5.91. The van der Waals surface area contributed by atoms with Gasteiger partial charge in [-0.15, -0.1) is 23.1 Å². The molecule has 20 heavy (non-hydrogen) atoms. The summed E-state index contributed by atoms with van der Waals surface area (Å²) >= 11 is 3.80. The Morgan fingerprint density at radius 1 is 1.40 bits per heavy atom. The topological polar surface area (TPSA) is 24.9 Å². The molecule has 1 aromatic carbocycles. The molecular formula is C16H20N2S2. The second kappa shape index (κ2) is 6.74. The molecule has 0 fully saturated rings. The average Bonchev–Trinajstić information content (AvgIpc) is 3.12. The van der Waals surface area contributed by atoms with E-state index >= 15 is 0 Å². The molecule has 4 heteroatoms. The Balaban J connectivity index is 1.70. The number of fused-ring (bicyclic) bond motifs is 1. The first-order chi connectivity index (χ1) is 9.86. The number of aromatic nitrogens is 1. The summed E-state index contributed by atoms with van der Waals surface area (Å²) in [5.74, 6) is 0. The maximum atomic E-state index is 4.45. The van der Waals surface area contributed by atoms with E-state index in [1.807, 2.05) is 18.0 Å². The van der Waals surface area contributed by atoms with Crippen LogP contribution < -0.4 is 5.32 Å². The number of hydrogen-bond acceptors (Lipinski definition) is 4. The van der Waals surface area contributed by atoms with Crippen molar-refractivity contribution < 1.29 is 0 Å². The summed E-state index contributed by atoms with van der Waals surface area (Å²) in [7, 11) is 0. The lowest BCUT2D eigenvalue weighted by molar-refractivity contribution is 0.490. The number of thiazole rings is 1. The fourth-order valence-corrected chi connectivity index (χ4v) is 4.72. The van der Waals surface area contributed by atoms with Crippen molar-refractivity contribution in [3.8, 4) is 0 Å². The van der Waals surface area contributed by atoms with E-state index in [4.69, 9.17) is 0 Å². The minimum atomic E-state index is 0.513. The van der Waals surface area contributed by atoms with Crippen LogP contribution in [0, 0.1) is 0 Å². The summed E-state index contributed by atoms with van der Waals surface area (Å²) in [5.41, 5.74) is 1.50. The van der Waals surface area contributed by atoms with E-state index in [9.17, 15) is 0 Å². The summed E-state index contributed by atoms with van der Waals surface area (Å²) in [6.07, 6.45) is 5.31. The van der Waals surface area contributed by atoms with Crippen LogP contribution in [0.15, 0.2) is 40.7 Å². The van der Waals surface area contributed by atoms with Gasteiger partial charge in [0.25, 0.3) is 0 Å². The third-order valence-electron chi connectivity index (χ3n) is 3.66. The van der Waals surface area contributed by atoms with Gasteiger partial charge in [0.05, 0.1) is 5.01 Å². The fraction of sp³-hybridized carbons (Fsp3) is 0.438. The summed E-state index contributed by atoms with van der Waals surface area (Å²) in [6, 6.07) is 9.32. The van der Waals surface area contributed by atoms with Gasteiger partial charge in [-0.25, -0.2) is 4.98 Å². The zero-order chi connectivity index (χ0) is 13.8. The van der Waals surface area contributed by atoms with Crippen LogP contribution in [0.2, 0.25) is 0 Å². The maximum Gasteiger partial charge on any atom is 0.0940 e. The van der Waals surface area contributed by atoms with Crippen LogP contribution in [0.1, 0.15) is 23.9 Å². The largest absolute Gasteiger partial charge is 0.312 e. The van der Waals surface area contributed by atoms with Gasteiger partial charge in [-0.2, -0.15) is 0 Å². The maximum absolute atomic E-state index is 4.45. The Kier molecular flexibility index (Phi) is 4.76. The molecule has 2 heterocycles. The Morgan fingerprint density at radius 2 is 2.30 bits per heavy atom. The Labute approximate surface area is 129 Å². The molecule has 0 spiro atoms. The molecule has 2 aromatic rings. The molecule has 1 aliphatic heterocycles. The van der Waals surface area contributed by atoms with Gasteiger partial charge in [0, 0.05) is 34.2 Å². The van der Waals surface area contributed by atoms with Crippen molar-refractivity contribution in [3.63, 3.8) is 0 Å². The van der Waals surface area contributed by atoms with Gasteiger partial charge in [0.2, 0.25) is 0 Å². The van der Waals surface area contributed by atoms with Gasteiger partial charge in [-0.3, -0.25) is 0 Å². The quantitative estimate of drug-likeness (QED) is 0.879. The molecule has 0 radical (unpaired) electrons. The molecule has 106 valence electrons. The number of rotatable bonds is 6. The zero-order valence-electron chi connectivity index (χ0n) is 11.7. The first kappa shape index (κ1) is 14.1. The van der Waals surface area contributed by atoms with E-state index in [0.717, 1.165) is 13.0 Å². The molecule has 1 aliphatic rings. The summed E-state index contributed by atoms with van der Waals surface area (Å²) in [5, 5.41) is 7.68. The number of hydrogen-bond donors (Lipinski definition) is 1. The lowest BCUT2D eigenvalue weighted by Crippen LogP contribution is -2.40. The number of thioether (sulfide) groups is 1. The smallest absolute Gasteiger partial charge is 0.0940 e. The van der Waals surface area contributed by atoms with Gasteiger partial charge in [-0.05, 0) is 31.0 Å². The second-order valence-electron chi connectivity index (χ2n) is 5.16. The van der Waals surface area contributed by atoms with E-state index in [-0.39, 0.29) is 0 Å². The molecule has 1 N–H and O–H groups in total. The van der Waals surface area contributed by atoms with Crippen molar-refractivity contribution in [3.05, 3.63) is 46.4 Å². The molecule has 0 aliphatic carbocycles. The highest BCUT2D eigenvalue weighted by molar-refractivity contribution is 8.00. The van der Waals surface area contributed by atoms with Crippen LogP contribution in [0.5, 0.6) is 0 Å². The second-order valence-corrected chi connectivity index (χ2v) is 7.42. The molecule has 1 aromatic heterocycles. The highest BCUT2D eigenvalue weighted by Gasteiger charge is 2.29. The molecule has 0 bridgehead atoms. The monoisotopic (exact) mass is 304 g/mol. The van der Waals surface area contributed by atoms with Crippen LogP contribution in [-0.4, -0.2) is 22.8 Å². The predicted octanol–water partition coefficient (Wildman–Crippen LogP) is 3.77. The Morgan fingerprint density at radius 3 is 3.05 bits per heavy atom. The number of nitrogens with one attached hydrogen (secondary N) is 1. The van der Waals surface area contributed by atoms with Gasteiger partial charge in [-0.1, -0.05) is 25.1 Å². The zero-order valence-corrected chi connectivity index (χ0v) is 13.3. The van der Waals surface area contributed by atoms with Gasteiger partial charge in [0.1, 0.15) is 0 Å². The molecule has 3 rings (SSSR count). The third-order valence-corrected chi connectivity index (χ3v) is 5.91. The molecular weight excluding hydrogens is 284 g/mol. The Bertz CT molecular complexity index is 514. The van der Waals surface area contributed by atoms with Crippen LogP contribution in [0.25, 0.3) is 0 Å². The lowest BCUT2D eigenvalue weighted by atomic mass is 10.0. The van der Waals surface area contributed by atoms with Crippen molar-refractivity contribution in [1.29, 1.82) is 0 Å². The standard InChI is InChI=1S/C16H20N2S2/c1-2-7-17-13(11-16-18-8-9-19-16)15-10-12-5-3-4-6-14(12)20-15/h3-6,8-9,13,15,17H,2,7,10-11H2,1H3. The first-order valence-corrected chi connectivity index (χ1v) is 8.99. The van der Waals surface area contributed by atoms with E-state index in [0.29, 0.717) is 11.3 Å². The van der Waals surface area contributed by atoms with Gasteiger partial charge in [0.15, 0.2) is 0 Å². The van der Waals surface area contributed by atoms with Gasteiger partial charge < -0.3 is 5.32 Å². The van der Waals surface area contributed by atoms with Crippen LogP contribution in [0.3, 0.4) is 0 Å². The number of benzene rings is 1. The number of nitrogens with zero attached hydrogens (tertiary/aromatic N) is 1. The SMILES string of the molecule is CCCNC(Cc1nccs1)C1Cc2ccccc2S1. The summed E-state index contributed by atoms with van der Waals surface area (Å²) in [6.45, 7) is 3.31. The van der Waals surface area contributed by atoms with Gasteiger partial charge >= 0.3 is 0 Å². The van der Waals surface area contributed by atoms with E-state index in [1.54, 1.807) is 11.3 Å². The molecule has 2 atom stereocenters. The van der Waals surface area contributed by atoms with Crippen molar-refractivity contribution in [2.24, 2.45) is 0 Å². The minimum Gasteiger partial charge on any atom is -0.312 e. The van der Waals surface area contributed by atoms with Crippen LogP contribution in [0.4, 0.5) is 0 Å². The summed E-state index contributed by atoms with van der Waals surface area (Å²) < 4.78 is 0. The molecule has 0 saturated heterocycles. The highest BCUT2D eigenvalue weighted by atomic mass is 32.2. The third kappa shape index (κ3) is 3.25. The van der Waals surface area contributed by atoms with Crippen LogP contribution >= 0.6 is 23.1 Å². The van der Waals surface area contributed by atoms with E-state index in [2.05, 4.69) is 46.9 Å². The van der Waals surface area contributed by atoms with Crippen molar-refractivity contribution in [1.82, 2.24) is 10.3 Å². The highest BCUT2D eigenvalue weighted by Crippen LogP contribution is 2.39. The Hall–Kier alpha value is -0.840. The van der Waals surface area contributed by atoms with Crippen molar-refractivity contribution in [2.75, 3.05) is 6.54 Å². The fourth-order valence-electron chi connectivity index (χ4n) is 2.64. The van der Waals surface area contributed by atoms with Crippen molar-refractivity contribution in [2.45, 2.75) is 42.4 Å². The predicted molar refractivity (Wildman–Crippen MR) is 87.7 cm³/mol.